The average Bonchev–Trinajstić information content (AvgIpc) is 3.08. The summed E-state index contributed by atoms with van der Waals surface area (Å²) in [5, 5.41) is 16.9. The van der Waals surface area contributed by atoms with Crippen LogP contribution in [0.3, 0.4) is 0 Å². The Morgan fingerprint density at radius 2 is 2.09 bits per heavy atom. The van der Waals surface area contributed by atoms with Gasteiger partial charge in [0, 0.05) is 29.9 Å². The molecule has 1 aliphatic heterocycles. The van der Waals surface area contributed by atoms with Gasteiger partial charge in [-0.1, -0.05) is 12.1 Å². The van der Waals surface area contributed by atoms with E-state index in [4.69, 9.17) is 14.6 Å². The van der Waals surface area contributed by atoms with Crippen molar-refractivity contribution in [3.63, 3.8) is 0 Å². The first-order valence-electron chi connectivity index (χ1n) is 7.42. The van der Waals surface area contributed by atoms with Crippen molar-refractivity contribution >= 4 is 12.4 Å². The summed E-state index contributed by atoms with van der Waals surface area (Å²) in [5.74, 6) is 1.64. The zero-order valence-electron chi connectivity index (χ0n) is 13.3. The largest absolute Gasteiger partial charge is 0.454 e. The first-order chi connectivity index (χ1) is 10.7. The van der Waals surface area contributed by atoms with E-state index in [0.29, 0.717) is 19.9 Å². The van der Waals surface area contributed by atoms with Gasteiger partial charge < -0.3 is 19.9 Å². The second-order valence-electron chi connectivity index (χ2n) is 5.35. The van der Waals surface area contributed by atoms with Crippen LogP contribution < -0.4 is 14.8 Å². The molecule has 0 unspecified atom stereocenters. The number of benzene rings is 1. The first-order valence-corrected chi connectivity index (χ1v) is 7.42. The van der Waals surface area contributed by atoms with Gasteiger partial charge in [-0.2, -0.15) is 5.10 Å². The predicted octanol–water partition coefficient (Wildman–Crippen LogP) is 1.93. The van der Waals surface area contributed by atoms with Gasteiger partial charge in [0.05, 0.1) is 18.8 Å². The second-order valence-corrected chi connectivity index (χ2v) is 5.35. The lowest BCUT2D eigenvalue weighted by atomic mass is 10.1. The van der Waals surface area contributed by atoms with Crippen molar-refractivity contribution in [2.24, 2.45) is 0 Å². The van der Waals surface area contributed by atoms with Gasteiger partial charge >= 0.3 is 0 Å². The predicted molar refractivity (Wildman–Crippen MR) is 89.1 cm³/mol. The van der Waals surface area contributed by atoms with Gasteiger partial charge in [0.25, 0.3) is 0 Å². The van der Waals surface area contributed by atoms with Gasteiger partial charge in [-0.3, -0.25) is 4.68 Å². The molecule has 2 heterocycles. The van der Waals surface area contributed by atoms with E-state index in [-0.39, 0.29) is 19.0 Å². The third-order valence-electron chi connectivity index (χ3n) is 3.94. The highest BCUT2D eigenvalue weighted by molar-refractivity contribution is 5.85. The smallest absolute Gasteiger partial charge is 0.231 e. The number of aliphatic hydroxyl groups excluding tert-OH is 1. The zero-order valence-corrected chi connectivity index (χ0v) is 14.2. The topological polar surface area (TPSA) is 68.5 Å². The highest BCUT2D eigenvalue weighted by atomic mass is 35.5. The Morgan fingerprint density at radius 1 is 1.26 bits per heavy atom. The number of nitrogens with one attached hydrogen (secondary N) is 1. The minimum Gasteiger partial charge on any atom is -0.454 e. The molecule has 23 heavy (non-hydrogen) atoms. The molecule has 6 nitrogen and oxygen atoms in total. The number of nitrogens with zero attached hydrogens (tertiary/aromatic N) is 2. The highest BCUT2D eigenvalue weighted by Gasteiger charge is 2.17. The molecule has 2 N–H and O–H groups in total. The van der Waals surface area contributed by atoms with Gasteiger partial charge in [0.2, 0.25) is 6.79 Å². The second kappa shape index (κ2) is 7.68. The third kappa shape index (κ3) is 3.60. The van der Waals surface area contributed by atoms with E-state index >= 15 is 0 Å². The van der Waals surface area contributed by atoms with E-state index in [0.717, 1.165) is 35.0 Å². The molecule has 126 valence electrons. The Hall–Kier alpha value is -1.76. The lowest BCUT2D eigenvalue weighted by Gasteiger charge is -2.08. The van der Waals surface area contributed by atoms with Crippen LogP contribution in [0.1, 0.15) is 22.5 Å². The van der Waals surface area contributed by atoms with Gasteiger partial charge in [0.15, 0.2) is 11.5 Å². The highest BCUT2D eigenvalue weighted by Crippen LogP contribution is 2.35. The molecule has 0 fully saturated rings. The molecule has 0 saturated carbocycles. The normalized spacial score (nSPS) is 12.3. The summed E-state index contributed by atoms with van der Waals surface area (Å²) in [4.78, 5) is 0. The molecule has 0 bridgehead atoms. The third-order valence-corrected chi connectivity index (χ3v) is 3.94. The Kier molecular flexibility index (Phi) is 5.87. The molecule has 0 saturated heterocycles. The standard InChI is InChI=1S/C16H21N3O3.ClH/c1-11-14(12(2)19(18-11)6-7-20)9-17-8-13-4-3-5-15-16(13)22-10-21-15;/h3-5,17,20H,6-10H2,1-2H3;1H. The molecule has 1 aromatic carbocycles. The molecule has 0 radical (unpaired) electrons. The number of fused-ring (bicyclic) bond motifs is 1. The summed E-state index contributed by atoms with van der Waals surface area (Å²) in [6.07, 6.45) is 0. The van der Waals surface area contributed by atoms with Crippen LogP contribution in [0.5, 0.6) is 11.5 Å². The maximum atomic E-state index is 9.06. The van der Waals surface area contributed by atoms with Crippen LogP contribution in [0, 0.1) is 13.8 Å². The summed E-state index contributed by atoms with van der Waals surface area (Å²) in [5.41, 5.74) is 4.36. The molecular weight excluding hydrogens is 318 g/mol. The molecule has 0 amide bonds. The van der Waals surface area contributed by atoms with Crippen molar-refractivity contribution in [3.05, 3.63) is 40.7 Å². The van der Waals surface area contributed by atoms with Gasteiger partial charge in [0.1, 0.15) is 0 Å². The number of aryl methyl sites for hydroxylation is 1. The SMILES string of the molecule is Cc1nn(CCO)c(C)c1CNCc1cccc2c1OCO2.Cl. The molecule has 2 aromatic rings. The van der Waals surface area contributed by atoms with Gasteiger partial charge in [-0.25, -0.2) is 0 Å². The van der Waals surface area contributed by atoms with Crippen LogP contribution in [0.4, 0.5) is 0 Å². The molecule has 1 aromatic heterocycles. The Morgan fingerprint density at radius 3 is 2.87 bits per heavy atom. The van der Waals surface area contributed by atoms with E-state index in [1.165, 1.54) is 5.56 Å². The number of halogens is 1. The van der Waals surface area contributed by atoms with Crippen molar-refractivity contribution in [2.75, 3.05) is 13.4 Å². The van der Waals surface area contributed by atoms with Crippen LogP contribution in [0.25, 0.3) is 0 Å². The average molecular weight is 340 g/mol. The quantitative estimate of drug-likeness (QED) is 0.841. The number of rotatable bonds is 6. The fourth-order valence-corrected chi connectivity index (χ4v) is 2.75. The first kappa shape index (κ1) is 17.6. The maximum Gasteiger partial charge on any atom is 0.231 e. The van der Waals surface area contributed by atoms with E-state index in [9.17, 15) is 0 Å². The van der Waals surface area contributed by atoms with Crippen LogP contribution in [-0.4, -0.2) is 28.3 Å². The van der Waals surface area contributed by atoms with Crippen LogP contribution >= 0.6 is 12.4 Å². The van der Waals surface area contributed by atoms with Crippen LogP contribution in [-0.2, 0) is 19.6 Å². The summed E-state index contributed by atoms with van der Waals surface area (Å²) in [6.45, 7) is 6.38. The summed E-state index contributed by atoms with van der Waals surface area (Å²) >= 11 is 0. The number of hydrogen-bond acceptors (Lipinski definition) is 5. The molecule has 0 aliphatic carbocycles. The number of aromatic nitrogens is 2. The summed E-state index contributed by atoms with van der Waals surface area (Å²) in [7, 11) is 0. The van der Waals surface area contributed by atoms with E-state index in [2.05, 4.69) is 10.4 Å². The maximum absolute atomic E-state index is 9.06. The van der Waals surface area contributed by atoms with Crippen molar-refractivity contribution < 1.29 is 14.6 Å². The van der Waals surface area contributed by atoms with E-state index in [1.807, 2.05) is 36.7 Å². The molecule has 7 heteroatoms. The monoisotopic (exact) mass is 339 g/mol. The Bertz CT molecular complexity index is 673. The van der Waals surface area contributed by atoms with Crippen molar-refractivity contribution in [3.8, 4) is 11.5 Å². The number of ether oxygens (including phenoxy) is 2. The lowest BCUT2D eigenvalue weighted by Crippen LogP contribution is -2.14. The molecule has 1 aliphatic rings. The molecule has 3 rings (SSSR count). The fourth-order valence-electron chi connectivity index (χ4n) is 2.75. The van der Waals surface area contributed by atoms with Crippen molar-refractivity contribution in [1.82, 2.24) is 15.1 Å². The molecule has 0 spiro atoms. The summed E-state index contributed by atoms with van der Waals surface area (Å²) < 4.78 is 12.7. The van der Waals surface area contributed by atoms with Crippen LogP contribution in [0.2, 0.25) is 0 Å². The van der Waals surface area contributed by atoms with Crippen LogP contribution in [0.15, 0.2) is 18.2 Å². The zero-order chi connectivity index (χ0) is 15.5. The number of hydrogen-bond donors (Lipinski definition) is 2. The summed E-state index contributed by atoms with van der Waals surface area (Å²) in [6, 6.07) is 5.93. The van der Waals surface area contributed by atoms with Gasteiger partial charge in [-0.15, -0.1) is 12.4 Å². The number of aliphatic hydroxyl groups is 1. The minimum atomic E-state index is 0. The lowest BCUT2D eigenvalue weighted by molar-refractivity contribution is 0.173. The van der Waals surface area contributed by atoms with Crippen molar-refractivity contribution in [1.29, 1.82) is 0 Å². The van der Waals surface area contributed by atoms with Gasteiger partial charge in [-0.05, 0) is 19.9 Å². The number of para-hydroxylation sites is 1. The van der Waals surface area contributed by atoms with E-state index < -0.39 is 0 Å². The van der Waals surface area contributed by atoms with Crippen molar-refractivity contribution in [2.45, 2.75) is 33.5 Å². The molecular formula is C16H22ClN3O3. The van der Waals surface area contributed by atoms with E-state index in [1.54, 1.807) is 0 Å². The minimum absolute atomic E-state index is 0. The Balaban J connectivity index is 0.00000192. The Labute approximate surface area is 141 Å². The molecule has 0 atom stereocenters. The fraction of sp³-hybridized carbons (Fsp3) is 0.438.